The molecule has 1 fully saturated rings. The van der Waals surface area contributed by atoms with Crippen molar-refractivity contribution >= 4 is 5.91 Å². The molecule has 17 heavy (non-hydrogen) atoms. The number of hydrogen-bond donors (Lipinski definition) is 3. The molecular weight excluding hydrogens is 220 g/mol. The molecule has 1 aliphatic rings. The van der Waals surface area contributed by atoms with Gasteiger partial charge in [0, 0.05) is 0 Å². The van der Waals surface area contributed by atoms with Crippen LogP contribution in [0, 0.1) is 5.92 Å². The number of hydrogen-bond acceptors (Lipinski definition) is 4. The number of ether oxygens (including phenoxy) is 1. The normalized spacial score (nSPS) is 19.3. The Labute approximate surface area is 103 Å². The summed E-state index contributed by atoms with van der Waals surface area (Å²) in [5, 5.41) is 15.1. The van der Waals surface area contributed by atoms with Gasteiger partial charge in [0.15, 0.2) is 0 Å². The predicted molar refractivity (Wildman–Crippen MR) is 65.7 cm³/mol. The number of carbonyl (C=O) groups excluding carboxylic acids is 1. The van der Waals surface area contributed by atoms with Gasteiger partial charge in [-0.05, 0) is 31.8 Å². The minimum absolute atomic E-state index is 0.0310. The summed E-state index contributed by atoms with van der Waals surface area (Å²) >= 11 is 0. The maximum Gasteiger partial charge on any atom is 0.246 e. The molecule has 0 spiro atoms. The highest BCUT2D eigenvalue weighted by Gasteiger charge is 2.18. The van der Waals surface area contributed by atoms with E-state index >= 15 is 0 Å². The number of rotatable bonds is 6. The van der Waals surface area contributed by atoms with Crippen molar-refractivity contribution in [1.29, 1.82) is 0 Å². The first-order valence-electron chi connectivity index (χ1n) is 6.36. The van der Waals surface area contributed by atoms with Crippen molar-refractivity contribution < 1.29 is 14.6 Å². The largest absolute Gasteiger partial charge is 0.394 e. The maximum absolute atomic E-state index is 11.6. The number of nitrogens with one attached hydrogen (secondary N) is 2. The van der Waals surface area contributed by atoms with E-state index in [-0.39, 0.29) is 37.2 Å². The van der Waals surface area contributed by atoms with Crippen LogP contribution in [0.25, 0.3) is 0 Å². The van der Waals surface area contributed by atoms with E-state index in [0.717, 1.165) is 25.9 Å². The number of carbonyl (C=O) groups is 1. The molecule has 5 heteroatoms. The third kappa shape index (κ3) is 5.48. The molecule has 5 nitrogen and oxygen atoms in total. The summed E-state index contributed by atoms with van der Waals surface area (Å²) in [6.45, 7) is 5.91. The van der Waals surface area contributed by atoms with Crippen LogP contribution in [0.5, 0.6) is 0 Å². The summed E-state index contributed by atoms with van der Waals surface area (Å²) in [6.07, 6.45) is 2.11. The Hall–Kier alpha value is -0.650. The van der Waals surface area contributed by atoms with E-state index in [1.54, 1.807) is 0 Å². The lowest BCUT2D eigenvalue weighted by atomic mass is 10.1. The molecular formula is C12H24N2O3. The van der Waals surface area contributed by atoms with Crippen LogP contribution in [-0.4, -0.2) is 49.5 Å². The summed E-state index contributed by atoms with van der Waals surface area (Å²) in [7, 11) is 0. The van der Waals surface area contributed by atoms with E-state index < -0.39 is 0 Å². The first-order valence-corrected chi connectivity index (χ1v) is 6.36. The van der Waals surface area contributed by atoms with E-state index in [1.165, 1.54) is 0 Å². The third-order valence-electron chi connectivity index (χ3n) is 3.08. The number of aliphatic hydroxyl groups is 1. The molecule has 1 aliphatic heterocycles. The molecule has 0 bridgehead atoms. The summed E-state index contributed by atoms with van der Waals surface area (Å²) < 4.78 is 5.54. The first-order chi connectivity index (χ1) is 8.13. The van der Waals surface area contributed by atoms with Crippen LogP contribution in [0.3, 0.4) is 0 Å². The Balaban J connectivity index is 2.19. The van der Waals surface area contributed by atoms with Gasteiger partial charge < -0.3 is 20.5 Å². The number of piperidine rings is 1. The molecule has 100 valence electrons. The van der Waals surface area contributed by atoms with Crippen molar-refractivity contribution in [2.75, 3.05) is 26.3 Å². The van der Waals surface area contributed by atoms with E-state index in [9.17, 15) is 4.79 Å². The topological polar surface area (TPSA) is 70.6 Å². The van der Waals surface area contributed by atoms with Crippen LogP contribution in [0.2, 0.25) is 0 Å². The van der Waals surface area contributed by atoms with Crippen molar-refractivity contribution in [3.8, 4) is 0 Å². The van der Waals surface area contributed by atoms with Gasteiger partial charge in [-0.3, -0.25) is 4.79 Å². The molecule has 1 unspecified atom stereocenters. The molecule has 1 heterocycles. The molecule has 1 atom stereocenters. The van der Waals surface area contributed by atoms with Crippen molar-refractivity contribution in [2.45, 2.75) is 38.8 Å². The summed E-state index contributed by atoms with van der Waals surface area (Å²) in [4.78, 5) is 11.6. The van der Waals surface area contributed by atoms with Gasteiger partial charge >= 0.3 is 0 Å². The van der Waals surface area contributed by atoms with E-state index in [4.69, 9.17) is 9.84 Å². The van der Waals surface area contributed by atoms with Crippen molar-refractivity contribution in [1.82, 2.24) is 10.6 Å². The molecule has 0 aromatic rings. The fraction of sp³-hybridized carbons (Fsp3) is 0.917. The molecule has 1 rings (SSSR count). The average Bonchev–Trinajstić information content (AvgIpc) is 2.34. The number of amides is 1. The summed E-state index contributed by atoms with van der Waals surface area (Å²) in [6, 6.07) is -0.181. The zero-order valence-corrected chi connectivity index (χ0v) is 10.7. The fourth-order valence-electron chi connectivity index (χ4n) is 1.83. The Morgan fingerprint density at radius 3 is 2.65 bits per heavy atom. The highest BCUT2D eigenvalue weighted by Crippen LogP contribution is 2.07. The van der Waals surface area contributed by atoms with Gasteiger partial charge in [0.25, 0.3) is 0 Å². The van der Waals surface area contributed by atoms with Gasteiger partial charge in [0.05, 0.1) is 18.8 Å². The molecule has 3 N–H and O–H groups in total. The van der Waals surface area contributed by atoms with Crippen LogP contribution in [-0.2, 0) is 9.53 Å². The smallest absolute Gasteiger partial charge is 0.246 e. The Morgan fingerprint density at radius 1 is 1.47 bits per heavy atom. The second kappa shape index (κ2) is 7.63. The Kier molecular flexibility index (Phi) is 6.47. The van der Waals surface area contributed by atoms with Gasteiger partial charge in [0.2, 0.25) is 5.91 Å². The highest BCUT2D eigenvalue weighted by atomic mass is 16.5. The lowest BCUT2D eigenvalue weighted by Crippen LogP contribution is -2.43. The first kappa shape index (κ1) is 14.4. The SMILES string of the molecule is CC(C)C(CO)NC(=O)COC1CCNCC1. The molecule has 1 saturated heterocycles. The Bertz CT molecular complexity index is 228. The molecule has 0 radical (unpaired) electrons. The van der Waals surface area contributed by atoms with Crippen molar-refractivity contribution in [3.05, 3.63) is 0 Å². The van der Waals surface area contributed by atoms with Crippen LogP contribution in [0.4, 0.5) is 0 Å². The second-order valence-corrected chi connectivity index (χ2v) is 4.86. The lowest BCUT2D eigenvalue weighted by molar-refractivity contribution is -0.129. The molecule has 0 aromatic carbocycles. The molecule has 0 aliphatic carbocycles. The minimum Gasteiger partial charge on any atom is -0.394 e. The quantitative estimate of drug-likeness (QED) is 0.609. The van der Waals surface area contributed by atoms with Crippen molar-refractivity contribution in [3.63, 3.8) is 0 Å². The minimum atomic E-state index is -0.181. The molecule has 1 amide bonds. The van der Waals surface area contributed by atoms with Crippen LogP contribution < -0.4 is 10.6 Å². The van der Waals surface area contributed by atoms with E-state index in [2.05, 4.69) is 10.6 Å². The zero-order chi connectivity index (χ0) is 12.7. The summed E-state index contributed by atoms with van der Waals surface area (Å²) in [5.41, 5.74) is 0. The molecule has 0 saturated carbocycles. The summed E-state index contributed by atoms with van der Waals surface area (Å²) in [5.74, 6) is 0.0825. The molecule has 0 aromatic heterocycles. The average molecular weight is 244 g/mol. The van der Waals surface area contributed by atoms with Gasteiger partial charge in [-0.2, -0.15) is 0 Å². The van der Waals surface area contributed by atoms with Gasteiger partial charge in [-0.25, -0.2) is 0 Å². The predicted octanol–water partition coefficient (Wildman–Crippen LogP) is -0.112. The Morgan fingerprint density at radius 2 is 2.12 bits per heavy atom. The fourth-order valence-corrected chi connectivity index (χ4v) is 1.83. The van der Waals surface area contributed by atoms with E-state index in [1.807, 2.05) is 13.8 Å². The maximum atomic E-state index is 11.6. The lowest BCUT2D eigenvalue weighted by Gasteiger charge is -2.24. The third-order valence-corrected chi connectivity index (χ3v) is 3.08. The van der Waals surface area contributed by atoms with Gasteiger partial charge in [-0.1, -0.05) is 13.8 Å². The monoisotopic (exact) mass is 244 g/mol. The van der Waals surface area contributed by atoms with Gasteiger partial charge in [0.1, 0.15) is 6.61 Å². The van der Waals surface area contributed by atoms with Crippen LogP contribution >= 0.6 is 0 Å². The second-order valence-electron chi connectivity index (χ2n) is 4.86. The standard InChI is InChI=1S/C12H24N2O3/c1-9(2)11(7-15)14-12(16)8-17-10-3-5-13-6-4-10/h9-11,13,15H,3-8H2,1-2H3,(H,14,16). The van der Waals surface area contributed by atoms with Crippen LogP contribution in [0.15, 0.2) is 0 Å². The van der Waals surface area contributed by atoms with E-state index in [0.29, 0.717) is 0 Å². The van der Waals surface area contributed by atoms with Gasteiger partial charge in [-0.15, -0.1) is 0 Å². The zero-order valence-electron chi connectivity index (χ0n) is 10.7. The highest BCUT2D eigenvalue weighted by molar-refractivity contribution is 5.77. The number of aliphatic hydroxyl groups excluding tert-OH is 1. The van der Waals surface area contributed by atoms with Crippen molar-refractivity contribution in [2.24, 2.45) is 5.92 Å². The van der Waals surface area contributed by atoms with Crippen LogP contribution in [0.1, 0.15) is 26.7 Å².